The fraction of sp³-hybridized carbons (Fsp3) is 0.609. The predicted molar refractivity (Wildman–Crippen MR) is 119 cm³/mol. The molecule has 2 rings (SSSR count). The number of nitrogen functional groups attached to an aromatic ring is 1. The summed E-state index contributed by atoms with van der Waals surface area (Å²) in [6.45, 7) is 10.4. The van der Waals surface area contributed by atoms with Crippen molar-refractivity contribution < 1.29 is 19.1 Å². The minimum atomic E-state index is -0.519. The first-order chi connectivity index (χ1) is 14.1. The van der Waals surface area contributed by atoms with Crippen LogP contribution in [0, 0.1) is 5.92 Å². The number of likely N-dealkylation sites (tertiary alicyclic amines) is 1. The normalized spacial score (nSPS) is 18.2. The maximum Gasteiger partial charge on any atom is 0.410 e. The van der Waals surface area contributed by atoms with Gasteiger partial charge in [-0.15, -0.1) is 0 Å². The Balaban J connectivity index is 2.10. The molecule has 1 aromatic rings. The van der Waals surface area contributed by atoms with E-state index < -0.39 is 11.6 Å². The third-order valence-electron chi connectivity index (χ3n) is 4.92. The number of amides is 1. The van der Waals surface area contributed by atoms with Gasteiger partial charge in [0.15, 0.2) is 0 Å². The Bertz CT molecular complexity index is 770. The second-order valence-electron chi connectivity index (χ2n) is 8.85. The average molecular weight is 418 g/mol. The molecule has 7 heteroatoms. The molecule has 7 nitrogen and oxygen atoms in total. The van der Waals surface area contributed by atoms with E-state index in [2.05, 4.69) is 11.9 Å². The van der Waals surface area contributed by atoms with Crippen LogP contribution >= 0.6 is 0 Å². The van der Waals surface area contributed by atoms with Crippen molar-refractivity contribution in [2.24, 2.45) is 10.9 Å². The molecule has 1 aliphatic rings. The molecule has 0 radical (unpaired) electrons. The van der Waals surface area contributed by atoms with Crippen molar-refractivity contribution in [3.05, 3.63) is 24.3 Å². The second-order valence-corrected chi connectivity index (χ2v) is 8.85. The molecule has 2 N–H and O–H groups in total. The van der Waals surface area contributed by atoms with Crippen LogP contribution in [0.3, 0.4) is 0 Å². The lowest BCUT2D eigenvalue weighted by Gasteiger charge is -2.30. The van der Waals surface area contributed by atoms with Crippen LogP contribution in [0.25, 0.3) is 0 Å². The van der Waals surface area contributed by atoms with Crippen LogP contribution in [0.1, 0.15) is 60.3 Å². The minimum absolute atomic E-state index is 0.0973. The van der Waals surface area contributed by atoms with E-state index in [0.29, 0.717) is 30.1 Å². The number of carbonyl (C=O) groups is 2. The van der Waals surface area contributed by atoms with E-state index in [0.717, 1.165) is 19.3 Å². The Labute approximate surface area is 179 Å². The summed E-state index contributed by atoms with van der Waals surface area (Å²) in [5, 5.41) is 0. The maximum absolute atomic E-state index is 12.5. The monoisotopic (exact) mass is 417 g/mol. The summed E-state index contributed by atoms with van der Waals surface area (Å²) < 4.78 is 10.8. The SMILES string of the molecule is CCOC(=O)/C(C[C@@H](C)C[C@@H]1CCCN1C(=O)OC(C)(C)C)=N/c1ccccc1N. The van der Waals surface area contributed by atoms with Gasteiger partial charge in [0.2, 0.25) is 0 Å². The van der Waals surface area contributed by atoms with Gasteiger partial charge in [-0.3, -0.25) is 0 Å². The van der Waals surface area contributed by atoms with Gasteiger partial charge in [0.1, 0.15) is 11.3 Å². The van der Waals surface area contributed by atoms with E-state index in [1.54, 1.807) is 19.1 Å². The van der Waals surface area contributed by atoms with E-state index >= 15 is 0 Å². The maximum atomic E-state index is 12.5. The Morgan fingerprint density at radius 3 is 2.63 bits per heavy atom. The lowest BCUT2D eigenvalue weighted by molar-refractivity contribution is -0.135. The van der Waals surface area contributed by atoms with E-state index in [4.69, 9.17) is 15.2 Å². The summed E-state index contributed by atoms with van der Waals surface area (Å²) in [6.07, 6.45) is 2.83. The number of nitrogens with zero attached hydrogens (tertiary/aromatic N) is 2. The molecule has 1 aromatic carbocycles. The van der Waals surface area contributed by atoms with Crippen LogP contribution in [-0.2, 0) is 14.3 Å². The smallest absolute Gasteiger partial charge is 0.410 e. The molecule has 2 atom stereocenters. The molecule has 0 bridgehead atoms. The molecule has 0 aromatic heterocycles. The van der Waals surface area contributed by atoms with E-state index in [-0.39, 0.29) is 24.7 Å². The van der Waals surface area contributed by atoms with Gasteiger partial charge in [-0.25, -0.2) is 14.6 Å². The lowest BCUT2D eigenvalue weighted by Crippen LogP contribution is -2.40. The van der Waals surface area contributed by atoms with Gasteiger partial charge in [-0.2, -0.15) is 0 Å². The highest BCUT2D eigenvalue weighted by Gasteiger charge is 2.33. The predicted octanol–water partition coefficient (Wildman–Crippen LogP) is 4.72. The van der Waals surface area contributed by atoms with Crippen molar-refractivity contribution in [2.75, 3.05) is 18.9 Å². The van der Waals surface area contributed by atoms with Crippen LogP contribution in [0.2, 0.25) is 0 Å². The molecule has 1 saturated heterocycles. The average Bonchev–Trinajstić information content (AvgIpc) is 3.10. The molecule has 1 fully saturated rings. The van der Waals surface area contributed by atoms with Gasteiger partial charge < -0.3 is 20.1 Å². The number of aliphatic imine (C=N–C) groups is 1. The molecule has 1 heterocycles. The third-order valence-corrected chi connectivity index (χ3v) is 4.92. The number of rotatable bonds is 7. The van der Waals surface area contributed by atoms with Crippen LogP contribution in [0.4, 0.5) is 16.2 Å². The fourth-order valence-electron chi connectivity index (χ4n) is 3.64. The number of para-hydroxylation sites is 2. The molecule has 0 saturated carbocycles. The van der Waals surface area contributed by atoms with Crippen molar-refractivity contribution in [1.29, 1.82) is 0 Å². The molecule has 0 aliphatic carbocycles. The largest absolute Gasteiger partial charge is 0.462 e. The quantitative estimate of drug-likeness (QED) is 0.393. The van der Waals surface area contributed by atoms with E-state index in [9.17, 15) is 9.59 Å². The van der Waals surface area contributed by atoms with Crippen LogP contribution < -0.4 is 5.73 Å². The molecule has 1 aliphatic heterocycles. The first kappa shape index (κ1) is 23.7. The van der Waals surface area contributed by atoms with Gasteiger partial charge in [0.05, 0.1) is 18.0 Å². The summed E-state index contributed by atoms with van der Waals surface area (Å²) in [5.41, 5.74) is 6.89. The van der Waals surface area contributed by atoms with Gasteiger partial charge >= 0.3 is 12.1 Å². The van der Waals surface area contributed by atoms with Crippen LogP contribution in [0.5, 0.6) is 0 Å². The highest BCUT2D eigenvalue weighted by molar-refractivity contribution is 6.37. The second kappa shape index (κ2) is 10.5. The Morgan fingerprint density at radius 1 is 1.30 bits per heavy atom. The number of hydrogen-bond acceptors (Lipinski definition) is 6. The summed E-state index contributed by atoms with van der Waals surface area (Å²) in [7, 11) is 0. The van der Waals surface area contributed by atoms with Crippen LogP contribution in [-0.4, -0.2) is 47.5 Å². The van der Waals surface area contributed by atoms with Crippen molar-refractivity contribution in [1.82, 2.24) is 4.90 Å². The molecule has 30 heavy (non-hydrogen) atoms. The van der Waals surface area contributed by atoms with E-state index in [1.165, 1.54) is 0 Å². The zero-order chi connectivity index (χ0) is 22.3. The van der Waals surface area contributed by atoms with Gasteiger partial charge in [0.25, 0.3) is 0 Å². The molecule has 166 valence electrons. The highest BCUT2D eigenvalue weighted by Crippen LogP contribution is 2.28. The molecule has 0 spiro atoms. The third kappa shape index (κ3) is 7.04. The van der Waals surface area contributed by atoms with Crippen molar-refractivity contribution in [3.63, 3.8) is 0 Å². The topological polar surface area (TPSA) is 94.2 Å². The summed E-state index contributed by atoms with van der Waals surface area (Å²) in [4.78, 5) is 31.3. The van der Waals surface area contributed by atoms with Crippen LogP contribution in [0.15, 0.2) is 29.3 Å². The standard InChI is InChI=1S/C23H35N3O4/c1-6-29-21(27)20(25-19-12-8-7-11-18(19)24)15-16(2)14-17-10-9-13-26(17)22(28)30-23(3,4)5/h7-8,11-12,16-17H,6,9-10,13-15,24H2,1-5H3/b25-20+/t16-,17-/m0/s1. The number of benzene rings is 1. The van der Waals surface area contributed by atoms with Crippen molar-refractivity contribution >= 4 is 29.1 Å². The van der Waals surface area contributed by atoms with Gasteiger partial charge in [-0.1, -0.05) is 19.1 Å². The highest BCUT2D eigenvalue weighted by atomic mass is 16.6. The number of esters is 1. The van der Waals surface area contributed by atoms with Crippen molar-refractivity contribution in [2.45, 2.75) is 71.9 Å². The summed E-state index contributed by atoms with van der Waals surface area (Å²) in [5.74, 6) is -0.297. The summed E-state index contributed by atoms with van der Waals surface area (Å²) >= 11 is 0. The molecular formula is C23H35N3O4. The molecular weight excluding hydrogens is 382 g/mol. The number of carbonyl (C=O) groups excluding carboxylic acids is 2. The zero-order valence-electron chi connectivity index (χ0n) is 18.8. The number of anilines is 1. The Hall–Kier alpha value is -2.57. The van der Waals surface area contributed by atoms with Gasteiger partial charge in [-0.05, 0) is 71.4 Å². The molecule has 1 amide bonds. The first-order valence-electron chi connectivity index (χ1n) is 10.7. The number of ether oxygens (including phenoxy) is 2. The van der Waals surface area contributed by atoms with Gasteiger partial charge in [0, 0.05) is 12.6 Å². The number of nitrogens with two attached hydrogens (primary N) is 1. The lowest BCUT2D eigenvalue weighted by atomic mass is 9.94. The van der Waals surface area contributed by atoms with Crippen molar-refractivity contribution in [3.8, 4) is 0 Å². The summed E-state index contributed by atoms with van der Waals surface area (Å²) in [6, 6.07) is 7.29. The fourth-order valence-corrected chi connectivity index (χ4v) is 3.64. The molecule has 0 unspecified atom stereocenters. The Morgan fingerprint density at radius 2 is 2.00 bits per heavy atom. The number of hydrogen-bond donors (Lipinski definition) is 1. The first-order valence-corrected chi connectivity index (χ1v) is 10.7. The Kier molecular flexibility index (Phi) is 8.26. The minimum Gasteiger partial charge on any atom is -0.462 e. The zero-order valence-corrected chi connectivity index (χ0v) is 18.8. The van der Waals surface area contributed by atoms with E-state index in [1.807, 2.05) is 37.8 Å².